The van der Waals surface area contributed by atoms with Gasteiger partial charge in [-0.1, -0.05) is 0 Å². The number of thiophene rings is 1. The summed E-state index contributed by atoms with van der Waals surface area (Å²) in [5.41, 5.74) is 0.791. The number of nitrogens with one attached hydrogen (secondary N) is 2. The number of nitrogens with zero attached hydrogens (tertiary/aromatic N) is 1. The van der Waals surface area contributed by atoms with Gasteiger partial charge in [-0.3, -0.25) is 9.59 Å². The SMILES string of the molecule is COc1cc(C)sc1C(=O)NC1CC(c2cc(=O)[nH]c(C3CC3)n2)C1. The van der Waals surface area contributed by atoms with Gasteiger partial charge in [0.2, 0.25) is 0 Å². The first kappa shape index (κ1) is 16.3. The average molecular weight is 359 g/mol. The normalized spacial score (nSPS) is 22.3. The van der Waals surface area contributed by atoms with Crippen LogP contribution in [0.5, 0.6) is 5.75 Å². The molecule has 1 amide bonds. The summed E-state index contributed by atoms with van der Waals surface area (Å²) in [5, 5.41) is 3.06. The molecule has 0 saturated heterocycles. The van der Waals surface area contributed by atoms with Crippen molar-refractivity contribution in [2.75, 3.05) is 7.11 Å². The number of aryl methyl sites for hydroxylation is 1. The van der Waals surface area contributed by atoms with E-state index >= 15 is 0 Å². The van der Waals surface area contributed by atoms with Crippen LogP contribution >= 0.6 is 11.3 Å². The summed E-state index contributed by atoms with van der Waals surface area (Å²) in [6.07, 6.45) is 3.85. The molecule has 132 valence electrons. The van der Waals surface area contributed by atoms with E-state index in [1.54, 1.807) is 13.2 Å². The van der Waals surface area contributed by atoms with E-state index in [0.29, 0.717) is 16.5 Å². The number of carbonyl (C=O) groups excluding carboxylic acids is 1. The Labute approximate surface area is 149 Å². The number of hydrogen-bond donors (Lipinski definition) is 2. The summed E-state index contributed by atoms with van der Waals surface area (Å²) in [6, 6.07) is 3.60. The van der Waals surface area contributed by atoms with Crippen LogP contribution in [0.15, 0.2) is 16.9 Å². The van der Waals surface area contributed by atoms with Crippen LogP contribution in [-0.2, 0) is 0 Å². The first-order valence-electron chi connectivity index (χ1n) is 8.60. The quantitative estimate of drug-likeness (QED) is 0.860. The second-order valence-corrected chi connectivity index (χ2v) is 8.18. The van der Waals surface area contributed by atoms with Crippen molar-refractivity contribution in [3.63, 3.8) is 0 Å². The molecule has 25 heavy (non-hydrogen) atoms. The van der Waals surface area contributed by atoms with Gasteiger partial charge in [-0.25, -0.2) is 4.98 Å². The Morgan fingerprint density at radius 1 is 1.32 bits per heavy atom. The van der Waals surface area contributed by atoms with Crippen molar-refractivity contribution >= 4 is 17.2 Å². The van der Waals surface area contributed by atoms with Gasteiger partial charge in [0.05, 0.1) is 12.8 Å². The van der Waals surface area contributed by atoms with Crippen LogP contribution in [0, 0.1) is 6.92 Å². The number of carbonyl (C=O) groups is 1. The van der Waals surface area contributed by atoms with Crippen LogP contribution in [0.3, 0.4) is 0 Å². The number of hydrogen-bond acceptors (Lipinski definition) is 5. The van der Waals surface area contributed by atoms with Crippen molar-refractivity contribution in [2.24, 2.45) is 0 Å². The molecule has 2 saturated carbocycles. The van der Waals surface area contributed by atoms with Crippen LogP contribution in [0.4, 0.5) is 0 Å². The van der Waals surface area contributed by atoms with Gasteiger partial charge in [0.15, 0.2) is 0 Å². The summed E-state index contributed by atoms with van der Waals surface area (Å²) in [7, 11) is 1.58. The molecule has 0 unspecified atom stereocenters. The highest BCUT2D eigenvalue weighted by molar-refractivity contribution is 7.14. The minimum Gasteiger partial charge on any atom is -0.495 e. The van der Waals surface area contributed by atoms with Crippen LogP contribution < -0.4 is 15.6 Å². The Morgan fingerprint density at radius 2 is 2.08 bits per heavy atom. The molecule has 0 radical (unpaired) electrons. The number of H-pyrrole nitrogens is 1. The largest absolute Gasteiger partial charge is 0.495 e. The summed E-state index contributed by atoms with van der Waals surface area (Å²) >= 11 is 1.44. The van der Waals surface area contributed by atoms with E-state index in [1.165, 1.54) is 11.3 Å². The van der Waals surface area contributed by atoms with E-state index in [4.69, 9.17) is 4.74 Å². The average Bonchev–Trinajstić information content (AvgIpc) is 3.32. The lowest BCUT2D eigenvalue weighted by Gasteiger charge is -2.35. The van der Waals surface area contributed by atoms with E-state index in [-0.39, 0.29) is 23.4 Å². The zero-order chi connectivity index (χ0) is 17.6. The van der Waals surface area contributed by atoms with Crippen LogP contribution in [-0.4, -0.2) is 29.0 Å². The topological polar surface area (TPSA) is 84.1 Å². The van der Waals surface area contributed by atoms with Crippen molar-refractivity contribution in [3.05, 3.63) is 43.8 Å². The molecular weight excluding hydrogens is 338 g/mol. The maximum absolute atomic E-state index is 12.4. The van der Waals surface area contributed by atoms with Gasteiger partial charge in [-0.15, -0.1) is 11.3 Å². The van der Waals surface area contributed by atoms with E-state index < -0.39 is 0 Å². The number of amides is 1. The number of rotatable bonds is 5. The Hall–Kier alpha value is -2.15. The number of aromatic nitrogens is 2. The van der Waals surface area contributed by atoms with Gasteiger partial charge in [0.25, 0.3) is 11.5 Å². The maximum Gasteiger partial charge on any atom is 0.265 e. The minimum atomic E-state index is -0.0871. The Morgan fingerprint density at radius 3 is 2.76 bits per heavy atom. The lowest BCUT2D eigenvalue weighted by Crippen LogP contribution is -2.43. The fraction of sp³-hybridized carbons (Fsp3) is 0.500. The zero-order valence-corrected chi connectivity index (χ0v) is 15.1. The predicted octanol–water partition coefficient (Wildman–Crippen LogP) is 2.70. The Bertz CT molecular complexity index is 863. The Balaban J connectivity index is 1.39. The van der Waals surface area contributed by atoms with Gasteiger partial charge in [-0.2, -0.15) is 0 Å². The van der Waals surface area contributed by atoms with Crippen molar-refractivity contribution < 1.29 is 9.53 Å². The van der Waals surface area contributed by atoms with Gasteiger partial charge in [-0.05, 0) is 38.7 Å². The summed E-state index contributed by atoms with van der Waals surface area (Å²) < 4.78 is 5.27. The van der Waals surface area contributed by atoms with Crippen molar-refractivity contribution in [1.29, 1.82) is 0 Å². The molecule has 2 aliphatic rings. The number of aromatic amines is 1. The smallest absolute Gasteiger partial charge is 0.265 e. The van der Waals surface area contributed by atoms with E-state index in [9.17, 15) is 9.59 Å². The van der Waals surface area contributed by atoms with Gasteiger partial charge >= 0.3 is 0 Å². The van der Waals surface area contributed by atoms with Crippen LogP contribution in [0.25, 0.3) is 0 Å². The lowest BCUT2D eigenvalue weighted by atomic mass is 9.78. The van der Waals surface area contributed by atoms with E-state index in [2.05, 4.69) is 15.3 Å². The highest BCUT2D eigenvalue weighted by Gasteiger charge is 2.35. The highest BCUT2D eigenvalue weighted by Crippen LogP contribution is 2.40. The lowest BCUT2D eigenvalue weighted by molar-refractivity contribution is 0.0909. The second-order valence-electron chi connectivity index (χ2n) is 6.92. The molecule has 2 aliphatic carbocycles. The van der Waals surface area contributed by atoms with Gasteiger partial charge < -0.3 is 15.0 Å². The highest BCUT2D eigenvalue weighted by atomic mass is 32.1. The molecule has 6 nitrogen and oxygen atoms in total. The third kappa shape index (κ3) is 3.33. The molecule has 2 fully saturated rings. The molecule has 0 aromatic carbocycles. The maximum atomic E-state index is 12.4. The first-order valence-corrected chi connectivity index (χ1v) is 9.41. The molecule has 0 aliphatic heterocycles. The number of ether oxygens (including phenoxy) is 1. The van der Waals surface area contributed by atoms with Crippen LogP contribution in [0.1, 0.15) is 63.6 Å². The Kier molecular flexibility index (Phi) is 4.11. The van der Waals surface area contributed by atoms with Gasteiger partial charge in [0, 0.05) is 28.8 Å². The third-order valence-electron chi connectivity index (χ3n) is 4.88. The van der Waals surface area contributed by atoms with Crippen molar-refractivity contribution in [1.82, 2.24) is 15.3 Å². The second kappa shape index (κ2) is 6.29. The van der Waals surface area contributed by atoms with Crippen LogP contribution in [0.2, 0.25) is 0 Å². The molecule has 2 aromatic heterocycles. The summed E-state index contributed by atoms with van der Waals surface area (Å²) in [4.78, 5) is 33.4. The molecule has 2 N–H and O–H groups in total. The third-order valence-corrected chi connectivity index (χ3v) is 5.91. The van der Waals surface area contributed by atoms with Crippen molar-refractivity contribution in [3.8, 4) is 5.75 Å². The molecule has 2 heterocycles. The standard InChI is InChI=1S/C18H21N3O3S/c1-9-5-14(24-2)16(25-9)18(23)19-12-6-11(7-12)13-8-15(22)21-17(20-13)10-3-4-10/h5,8,10-12H,3-4,6-7H2,1-2H3,(H,19,23)(H,20,21,22). The minimum absolute atomic E-state index is 0.0711. The molecule has 4 rings (SSSR count). The summed E-state index contributed by atoms with van der Waals surface area (Å²) in [5.74, 6) is 2.04. The van der Waals surface area contributed by atoms with Gasteiger partial charge in [0.1, 0.15) is 16.5 Å². The van der Waals surface area contributed by atoms with E-state index in [0.717, 1.165) is 42.1 Å². The molecule has 7 heteroatoms. The molecule has 0 atom stereocenters. The molecule has 2 aromatic rings. The fourth-order valence-electron chi connectivity index (χ4n) is 3.28. The van der Waals surface area contributed by atoms with E-state index in [1.807, 2.05) is 13.0 Å². The molecular formula is C18H21N3O3S. The monoisotopic (exact) mass is 359 g/mol. The zero-order valence-electron chi connectivity index (χ0n) is 14.3. The number of methoxy groups -OCH3 is 1. The predicted molar refractivity (Wildman–Crippen MR) is 95.7 cm³/mol. The first-order chi connectivity index (χ1) is 12.0. The molecule has 0 spiro atoms. The fourth-order valence-corrected chi connectivity index (χ4v) is 4.17. The van der Waals surface area contributed by atoms with Crippen molar-refractivity contribution in [2.45, 2.75) is 50.5 Å². The molecule has 0 bridgehead atoms. The summed E-state index contributed by atoms with van der Waals surface area (Å²) in [6.45, 7) is 1.96.